The fourth-order valence-electron chi connectivity index (χ4n) is 2.78. The standard InChI is InChI=1S/C18H26ClN3O2/c1-3-9-20-18(24)15-12-14(21-17(23)13(2)19)7-8-16(15)22-10-5-4-6-11-22/h7-8,12-13H,3-6,9-11H2,1-2H3,(H,20,24)(H,21,23)/t13-/m0/s1. The summed E-state index contributed by atoms with van der Waals surface area (Å²) in [5.74, 6) is -0.380. The highest BCUT2D eigenvalue weighted by molar-refractivity contribution is 6.32. The number of carbonyl (C=O) groups excluding carboxylic acids is 2. The van der Waals surface area contributed by atoms with E-state index in [2.05, 4.69) is 15.5 Å². The lowest BCUT2D eigenvalue weighted by Gasteiger charge is -2.30. The van der Waals surface area contributed by atoms with Gasteiger partial charge in [0.1, 0.15) is 5.38 Å². The molecule has 24 heavy (non-hydrogen) atoms. The minimum atomic E-state index is -0.621. The first-order valence-electron chi connectivity index (χ1n) is 8.65. The maximum atomic E-state index is 12.6. The summed E-state index contributed by atoms with van der Waals surface area (Å²) in [4.78, 5) is 26.6. The number of nitrogens with one attached hydrogen (secondary N) is 2. The average molecular weight is 352 g/mol. The molecule has 2 amide bonds. The Morgan fingerprint density at radius 2 is 1.96 bits per heavy atom. The summed E-state index contributed by atoms with van der Waals surface area (Å²) in [6.45, 7) is 6.18. The number of hydrogen-bond acceptors (Lipinski definition) is 3. The van der Waals surface area contributed by atoms with Crippen molar-refractivity contribution in [2.75, 3.05) is 29.9 Å². The molecule has 1 aliphatic rings. The van der Waals surface area contributed by atoms with Gasteiger partial charge in [-0.05, 0) is 50.8 Å². The van der Waals surface area contributed by atoms with Gasteiger partial charge in [-0.25, -0.2) is 0 Å². The van der Waals surface area contributed by atoms with E-state index in [0.29, 0.717) is 17.8 Å². The van der Waals surface area contributed by atoms with E-state index in [9.17, 15) is 9.59 Å². The van der Waals surface area contributed by atoms with Gasteiger partial charge < -0.3 is 15.5 Å². The normalized spacial score (nSPS) is 15.7. The van der Waals surface area contributed by atoms with Crippen LogP contribution in [0.3, 0.4) is 0 Å². The Labute approximate surface area is 148 Å². The molecule has 6 heteroatoms. The quantitative estimate of drug-likeness (QED) is 0.772. The van der Waals surface area contributed by atoms with Crippen LogP contribution in [-0.2, 0) is 4.79 Å². The third kappa shape index (κ3) is 4.87. The van der Waals surface area contributed by atoms with Crippen LogP contribution in [0.5, 0.6) is 0 Å². The smallest absolute Gasteiger partial charge is 0.253 e. The number of halogens is 1. The summed E-state index contributed by atoms with van der Waals surface area (Å²) in [6, 6.07) is 5.49. The molecule has 5 nitrogen and oxygen atoms in total. The van der Waals surface area contributed by atoms with Crippen molar-refractivity contribution in [2.24, 2.45) is 0 Å². The Bertz CT molecular complexity index is 584. The molecule has 0 spiro atoms. The summed E-state index contributed by atoms with van der Waals surface area (Å²) in [7, 11) is 0. The SMILES string of the molecule is CCCNC(=O)c1cc(NC(=O)[C@H](C)Cl)ccc1N1CCCCC1. The average Bonchev–Trinajstić information content (AvgIpc) is 2.60. The fraction of sp³-hybridized carbons (Fsp3) is 0.556. The number of rotatable bonds is 6. The number of benzene rings is 1. The molecule has 132 valence electrons. The van der Waals surface area contributed by atoms with E-state index >= 15 is 0 Å². The largest absolute Gasteiger partial charge is 0.371 e. The molecule has 1 fully saturated rings. The van der Waals surface area contributed by atoms with Gasteiger partial charge in [-0.3, -0.25) is 9.59 Å². The lowest BCUT2D eigenvalue weighted by molar-refractivity contribution is -0.115. The molecule has 1 aromatic carbocycles. The van der Waals surface area contributed by atoms with E-state index in [1.807, 2.05) is 19.1 Å². The van der Waals surface area contributed by atoms with Gasteiger partial charge in [0, 0.05) is 31.0 Å². The molecule has 0 radical (unpaired) electrons. The molecule has 1 atom stereocenters. The highest BCUT2D eigenvalue weighted by atomic mass is 35.5. The second kappa shape index (κ2) is 8.92. The van der Waals surface area contributed by atoms with Gasteiger partial charge in [-0.15, -0.1) is 11.6 Å². The molecule has 0 saturated carbocycles. The van der Waals surface area contributed by atoms with Gasteiger partial charge in [-0.1, -0.05) is 6.92 Å². The van der Waals surface area contributed by atoms with E-state index in [0.717, 1.165) is 38.0 Å². The van der Waals surface area contributed by atoms with Crippen molar-refractivity contribution in [1.29, 1.82) is 0 Å². The van der Waals surface area contributed by atoms with Crippen molar-refractivity contribution in [1.82, 2.24) is 5.32 Å². The first kappa shape index (κ1) is 18.6. The van der Waals surface area contributed by atoms with Crippen LogP contribution in [0.25, 0.3) is 0 Å². The molecule has 0 bridgehead atoms. The molecule has 1 aromatic rings. The number of amides is 2. The first-order chi connectivity index (χ1) is 11.5. The van der Waals surface area contributed by atoms with Gasteiger partial charge >= 0.3 is 0 Å². The van der Waals surface area contributed by atoms with Crippen molar-refractivity contribution < 1.29 is 9.59 Å². The predicted molar refractivity (Wildman–Crippen MR) is 99.1 cm³/mol. The highest BCUT2D eigenvalue weighted by Gasteiger charge is 2.20. The summed E-state index contributed by atoms with van der Waals surface area (Å²) >= 11 is 5.80. The van der Waals surface area contributed by atoms with Crippen LogP contribution in [0.4, 0.5) is 11.4 Å². The van der Waals surface area contributed by atoms with Gasteiger partial charge in [0.05, 0.1) is 5.56 Å². The summed E-state index contributed by atoms with van der Waals surface area (Å²) < 4.78 is 0. The molecule has 1 heterocycles. The van der Waals surface area contributed by atoms with E-state index < -0.39 is 5.38 Å². The van der Waals surface area contributed by atoms with Crippen LogP contribution in [0, 0.1) is 0 Å². The predicted octanol–water partition coefficient (Wildman–Crippen LogP) is 3.38. The zero-order valence-electron chi connectivity index (χ0n) is 14.4. The van der Waals surface area contributed by atoms with Crippen molar-refractivity contribution in [3.05, 3.63) is 23.8 Å². The summed E-state index contributed by atoms with van der Waals surface area (Å²) in [5.41, 5.74) is 2.13. The molecule has 1 saturated heterocycles. The van der Waals surface area contributed by atoms with Crippen molar-refractivity contribution >= 4 is 34.8 Å². The van der Waals surface area contributed by atoms with Gasteiger partial charge in [0.25, 0.3) is 5.91 Å². The zero-order valence-corrected chi connectivity index (χ0v) is 15.2. The Balaban J connectivity index is 2.28. The molecule has 2 N–H and O–H groups in total. The maximum Gasteiger partial charge on any atom is 0.253 e. The number of hydrogen-bond donors (Lipinski definition) is 2. The minimum absolute atomic E-state index is 0.104. The van der Waals surface area contributed by atoms with E-state index in [1.165, 1.54) is 6.42 Å². The molecule has 0 aromatic heterocycles. The number of piperidine rings is 1. The Hall–Kier alpha value is -1.75. The van der Waals surface area contributed by atoms with Crippen LogP contribution in [0.15, 0.2) is 18.2 Å². The minimum Gasteiger partial charge on any atom is -0.371 e. The van der Waals surface area contributed by atoms with E-state index in [4.69, 9.17) is 11.6 Å². The molecule has 2 rings (SSSR count). The molecule has 0 unspecified atom stereocenters. The van der Waals surface area contributed by atoms with Crippen LogP contribution < -0.4 is 15.5 Å². The van der Waals surface area contributed by atoms with Gasteiger partial charge in [-0.2, -0.15) is 0 Å². The van der Waals surface area contributed by atoms with Gasteiger partial charge in [0.2, 0.25) is 5.91 Å². The Morgan fingerprint density at radius 3 is 2.58 bits per heavy atom. The second-order valence-corrected chi connectivity index (χ2v) is 6.80. The second-order valence-electron chi connectivity index (χ2n) is 6.14. The lowest BCUT2D eigenvalue weighted by Crippen LogP contribution is -2.33. The number of anilines is 2. The third-order valence-corrected chi connectivity index (χ3v) is 4.30. The van der Waals surface area contributed by atoms with E-state index in [1.54, 1.807) is 13.0 Å². The molecule has 0 aliphatic carbocycles. The van der Waals surface area contributed by atoms with Crippen LogP contribution >= 0.6 is 11.6 Å². The van der Waals surface area contributed by atoms with Crippen LogP contribution in [0.2, 0.25) is 0 Å². The molecule has 1 aliphatic heterocycles. The van der Waals surface area contributed by atoms with Crippen LogP contribution in [0.1, 0.15) is 49.9 Å². The number of alkyl halides is 1. The summed E-state index contributed by atoms with van der Waals surface area (Å²) in [6.07, 6.45) is 4.39. The number of carbonyl (C=O) groups is 2. The third-order valence-electron chi connectivity index (χ3n) is 4.10. The zero-order chi connectivity index (χ0) is 17.5. The van der Waals surface area contributed by atoms with Crippen molar-refractivity contribution in [2.45, 2.75) is 44.9 Å². The van der Waals surface area contributed by atoms with Crippen LogP contribution in [-0.4, -0.2) is 36.8 Å². The Morgan fingerprint density at radius 1 is 1.25 bits per heavy atom. The van der Waals surface area contributed by atoms with Crippen molar-refractivity contribution in [3.63, 3.8) is 0 Å². The fourth-order valence-corrected chi connectivity index (χ4v) is 2.84. The topological polar surface area (TPSA) is 61.4 Å². The molecular formula is C18H26ClN3O2. The number of nitrogens with zero attached hydrogens (tertiary/aromatic N) is 1. The Kier molecular flexibility index (Phi) is 6.91. The maximum absolute atomic E-state index is 12.6. The lowest BCUT2D eigenvalue weighted by atomic mass is 10.1. The molecular weight excluding hydrogens is 326 g/mol. The highest BCUT2D eigenvalue weighted by Crippen LogP contribution is 2.27. The van der Waals surface area contributed by atoms with E-state index in [-0.39, 0.29) is 11.8 Å². The van der Waals surface area contributed by atoms with Crippen molar-refractivity contribution in [3.8, 4) is 0 Å². The first-order valence-corrected chi connectivity index (χ1v) is 9.08. The summed E-state index contributed by atoms with van der Waals surface area (Å²) in [5, 5.41) is 5.06. The monoisotopic (exact) mass is 351 g/mol. The van der Waals surface area contributed by atoms with Gasteiger partial charge in [0.15, 0.2) is 0 Å².